The first-order chi connectivity index (χ1) is 32.2. The van der Waals surface area contributed by atoms with Crippen molar-refractivity contribution < 1.29 is 21.1 Å². The number of para-hydroxylation sites is 1. The van der Waals surface area contributed by atoms with Crippen molar-refractivity contribution in [3.05, 3.63) is 255 Å². The van der Waals surface area contributed by atoms with Gasteiger partial charge in [-0.15, -0.1) is 47.3 Å². The molecule has 66 heavy (non-hydrogen) atoms. The number of anilines is 3. The number of hydrogen-bond acceptors (Lipinski definition) is 3. The van der Waals surface area contributed by atoms with Crippen LogP contribution in [0, 0.1) is 19.1 Å². The molecule has 316 valence electrons. The van der Waals surface area contributed by atoms with Gasteiger partial charge in [-0.2, -0.15) is 6.07 Å². The van der Waals surface area contributed by atoms with Crippen LogP contribution in [0.5, 0.6) is 0 Å². The molecule has 0 amide bonds. The first-order valence-corrected chi connectivity index (χ1v) is 21.9. The second-order valence-electron chi connectivity index (χ2n) is 16.1. The number of nitrogens with zero attached hydrogens (tertiary/aromatic N) is 4. The molecule has 0 saturated heterocycles. The van der Waals surface area contributed by atoms with Gasteiger partial charge in [0.15, 0.2) is 0 Å². The van der Waals surface area contributed by atoms with Gasteiger partial charge in [0.2, 0.25) is 0 Å². The summed E-state index contributed by atoms with van der Waals surface area (Å²) in [6, 6.07) is 86.6. The monoisotopic (exact) mass is 1030 g/mol. The number of aromatic nitrogens is 3. The molecular formula is C61H42N4Pt. The summed E-state index contributed by atoms with van der Waals surface area (Å²) < 4.78 is 2.27. The molecule has 0 atom stereocenters. The summed E-state index contributed by atoms with van der Waals surface area (Å²) in [7, 11) is 0. The van der Waals surface area contributed by atoms with Crippen molar-refractivity contribution in [2.45, 2.75) is 6.92 Å². The van der Waals surface area contributed by atoms with E-state index < -0.39 is 0 Å². The molecule has 11 rings (SSSR count). The van der Waals surface area contributed by atoms with Gasteiger partial charge in [0, 0.05) is 23.7 Å². The van der Waals surface area contributed by atoms with Crippen LogP contribution in [0.15, 0.2) is 237 Å². The smallest absolute Gasteiger partial charge is 0.352 e. The summed E-state index contributed by atoms with van der Waals surface area (Å²) in [6.45, 7) is 2.12. The van der Waals surface area contributed by atoms with Crippen LogP contribution < -0.4 is 4.90 Å². The van der Waals surface area contributed by atoms with Gasteiger partial charge in [-0.25, -0.2) is 4.98 Å². The van der Waals surface area contributed by atoms with E-state index in [1.165, 1.54) is 11.1 Å². The average Bonchev–Trinajstić information content (AvgIpc) is 3.73. The Kier molecular flexibility index (Phi) is 11.9. The molecule has 5 heteroatoms. The van der Waals surface area contributed by atoms with Crippen molar-refractivity contribution in [1.29, 1.82) is 0 Å². The summed E-state index contributed by atoms with van der Waals surface area (Å²) in [6.07, 6.45) is 3.83. The van der Waals surface area contributed by atoms with E-state index >= 15 is 0 Å². The Morgan fingerprint density at radius 3 is 1.73 bits per heavy atom. The minimum Gasteiger partial charge on any atom is -0.352 e. The Bertz CT molecular complexity index is 3410. The van der Waals surface area contributed by atoms with Gasteiger partial charge in [0.05, 0.1) is 5.69 Å². The predicted molar refractivity (Wildman–Crippen MR) is 269 cm³/mol. The summed E-state index contributed by atoms with van der Waals surface area (Å²) in [5.74, 6) is 0.813. The Hall–Kier alpha value is -7.91. The van der Waals surface area contributed by atoms with E-state index in [1.807, 2.05) is 24.5 Å². The van der Waals surface area contributed by atoms with Crippen molar-refractivity contribution in [3.8, 4) is 72.8 Å². The van der Waals surface area contributed by atoms with Crippen molar-refractivity contribution in [1.82, 2.24) is 14.5 Å². The first-order valence-electron chi connectivity index (χ1n) is 21.9. The fourth-order valence-corrected chi connectivity index (χ4v) is 8.92. The third-order valence-corrected chi connectivity index (χ3v) is 12.0. The molecule has 0 unspecified atom stereocenters. The molecule has 0 aliphatic carbocycles. The van der Waals surface area contributed by atoms with Gasteiger partial charge in [-0.05, 0) is 86.6 Å². The third-order valence-electron chi connectivity index (χ3n) is 12.0. The van der Waals surface area contributed by atoms with Crippen molar-refractivity contribution >= 4 is 28.0 Å². The molecule has 0 aliphatic rings. The quantitative estimate of drug-likeness (QED) is 0.128. The van der Waals surface area contributed by atoms with Crippen LogP contribution in [-0.2, 0) is 21.1 Å². The molecule has 4 nitrogen and oxygen atoms in total. The zero-order chi connectivity index (χ0) is 43.5. The molecule has 0 fully saturated rings. The molecule has 0 saturated carbocycles. The van der Waals surface area contributed by atoms with Gasteiger partial charge in [-0.1, -0.05) is 187 Å². The molecule has 0 radical (unpaired) electrons. The van der Waals surface area contributed by atoms with Gasteiger partial charge >= 0.3 is 21.1 Å². The number of pyridine rings is 2. The van der Waals surface area contributed by atoms with Gasteiger partial charge in [0.25, 0.3) is 0 Å². The fraction of sp³-hybridized carbons (Fsp3) is 0.0164. The van der Waals surface area contributed by atoms with Crippen LogP contribution >= 0.6 is 0 Å². The minimum atomic E-state index is 0. The van der Waals surface area contributed by atoms with Crippen LogP contribution in [0.2, 0.25) is 0 Å². The average molecular weight is 1030 g/mol. The van der Waals surface area contributed by atoms with Gasteiger partial charge in [0.1, 0.15) is 5.82 Å². The van der Waals surface area contributed by atoms with E-state index in [4.69, 9.17) is 9.97 Å². The number of fused-ring (bicyclic) bond motifs is 1. The molecule has 0 aliphatic heterocycles. The van der Waals surface area contributed by atoms with E-state index in [2.05, 4.69) is 241 Å². The predicted octanol–water partition coefficient (Wildman–Crippen LogP) is 15.8. The number of aryl methyl sites for hydroxylation is 1. The summed E-state index contributed by atoms with van der Waals surface area (Å²) in [5.41, 5.74) is 17.8. The Morgan fingerprint density at radius 2 is 1.03 bits per heavy atom. The summed E-state index contributed by atoms with van der Waals surface area (Å²) in [5, 5.41) is 1.08. The maximum absolute atomic E-state index is 5.00. The molecule has 3 aromatic heterocycles. The second-order valence-corrected chi connectivity index (χ2v) is 16.1. The Morgan fingerprint density at radius 1 is 0.455 bits per heavy atom. The van der Waals surface area contributed by atoms with Crippen LogP contribution in [0.25, 0.3) is 83.7 Å². The van der Waals surface area contributed by atoms with Crippen LogP contribution in [0.1, 0.15) is 5.56 Å². The standard InChI is InChI=1S/C61H42N4.Pt/c1-43-42-63-56(41-55(43)47-34-32-45(33-35-47)44-19-6-2-7-20-44)50-27-18-28-51(39-50)64(57-30-15-14-29-53(57)46-21-8-3-9-22-46)52-36-37-54-58(40-52)65(59-31-16-17-38-62-59)61(49-25-12-5-13-26-49)60(54)48-23-10-4-11-24-48;/h2-38,41-42H,1H3;/q-2;+2. The summed E-state index contributed by atoms with van der Waals surface area (Å²) in [4.78, 5) is 12.2. The van der Waals surface area contributed by atoms with Gasteiger partial charge < -0.3 is 14.5 Å². The normalized spacial score (nSPS) is 11.0. The van der Waals surface area contributed by atoms with E-state index in [0.717, 1.165) is 95.2 Å². The number of rotatable bonds is 10. The van der Waals surface area contributed by atoms with E-state index in [-0.39, 0.29) is 21.1 Å². The van der Waals surface area contributed by atoms with E-state index in [9.17, 15) is 0 Å². The molecule has 0 spiro atoms. The maximum Gasteiger partial charge on any atom is 2.00 e. The Labute approximate surface area is 400 Å². The van der Waals surface area contributed by atoms with Crippen molar-refractivity contribution in [2.75, 3.05) is 4.90 Å². The number of hydrogen-bond donors (Lipinski definition) is 0. The molecule has 11 aromatic rings. The fourth-order valence-electron chi connectivity index (χ4n) is 8.92. The van der Waals surface area contributed by atoms with E-state index in [1.54, 1.807) is 0 Å². The molecule has 0 bridgehead atoms. The zero-order valence-corrected chi connectivity index (χ0v) is 38.4. The Balaban J connectivity index is 0.00000511. The molecule has 8 aromatic carbocycles. The van der Waals surface area contributed by atoms with Crippen LogP contribution in [0.4, 0.5) is 17.1 Å². The second kappa shape index (κ2) is 18.7. The molecule has 3 heterocycles. The first kappa shape index (κ1) is 42.1. The van der Waals surface area contributed by atoms with Crippen molar-refractivity contribution in [2.24, 2.45) is 0 Å². The van der Waals surface area contributed by atoms with Crippen LogP contribution in [0.3, 0.4) is 0 Å². The molecule has 0 N–H and O–H groups in total. The topological polar surface area (TPSA) is 34.0 Å². The summed E-state index contributed by atoms with van der Waals surface area (Å²) >= 11 is 0. The van der Waals surface area contributed by atoms with Crippen LogP contribution in [-0.4, -0.2) is 14.5 Å². The maximum atomic E-state index is 5.00. The van der Waals surface area contributed by atoms with E-state index in [0.29, 0.717) is 0 Å². The zero-order valence-electron chi connectivity index (χ0n) is 36.1. The molecular weight excluding hydrogens is 984 g/mol. The SMILES string of the molecule is Cc1cnc(-c2[c-]c(N(c3[c-]c4c(cc3)c(-c3ccccc3)c(-c3ccccc3)n4-c3ccccn3)c3ccccc3-c3ccccc3)ccc2)cc1-c1ccc(-c2ccccc2)cc1.[Pt+2]. The van der Waals surface area contributed by atoms with Crippen molar-refractivity contribution in [3.63, 3.8) is 0 Å². The van der Waals surface area contributed by atoms with Gasteiger partial charge in [-0.3, -0.25) is 0 Å². The number of benzene rings is 8. The minimum absolute atomic E-state index is 0. The largest absolute Gasteiger partial charge is 2.00 e. The third kappa shape index (κ3) is 8.09.